The Morgan fingerprint density at radius 2 is 1.93 bits per heavy atom. The fraction of sp³-hybridized carbons (Fsp3) is 0.500. The monoisotopic (exact) mass is 406 g/mol. The van der Waals surface area contributed by atoms with Crippen LogP contribution in [0.4, 0.5) is 17.6 Å². The maximum atomic E-state index is 14.5. The highest BCUT2D eigenvalue weighted by molar-refractivity contribution is 8.02. The van der Waals surface area contributed by atoms with Gasteiger partial charge in [0.2, 0.25) is 0 Å². The molecule has 0 radical (unpaired) electrons. The highest BCUT2D eigenvalue weighted by atomic mass is 32.2. The van der Waals surface area contributed by atoms with Gasteiger partial charge < -0.3 is 5.73 Å². The van der Waals surface area contributed by atoms with Crippen molar-refractivity contribution in [3.05, 3.63) is 35.1 Å². The molecule has 0 saturated heterocycles. The number of carbonyl (C=O) groups is 1. The first kappa shape index (κ1) is 21.4. The zero-order chi connectivity index (χ0) is 20.8. The SMILES string of the molecule is C=S1(=O)C[C@@](C)(c2cc(CC(=O)CC(F)(F)F)ccc2F)N=C(N)C1(C)C. The van der Waals surface area contributed by atoms with Crippen molar-refractivity contribution >= 4 is 27.0 Å². The first-order chi connectivity index (χ1) is 12.1. The number of hydrogen-bond acceptors (Lipinski definition) is 4. The first-order valence-electron chi connectivity index (χ1n) is 8.15. The van der Waals surface area contributed by atoms with E-state index in [-0.39, 0.29) is 22.7 Å². The Bertz CT molecular complexity index is 904. The van der Waals surface area contributed by atoms with Crippen molar-refractivity contribution in [1.29, 1.82) is 0 Å². The average Bonchev–Trinajstić information content (AvgIpc) is 2.45. The minimum atomic E-state index is -4.60. The van der Waals surface area contributed by atoms with Gasteiger partial charge in [-0.1, -0.05) is 6.07 Å². The van der Waals surface area contributed by atoms with Gasteiger partial charge in [-0.25, -0.2) is 4.39 Å². The number of amidine groups is 1. The van der Waals surface area contributed by atoms with Crippen molar-refractivity contribution in [3.8, 4) is 0 Å². The van der Waals surface area contributed by atoms with Crippen molar-refractivity contribution in [2.75, 3.05) is 5.75 Å². The van der Waals surface area contributed by atoms with Crippen LogP contribution < -0.4 is 5.73 Å². The Kier molecular flexibility index (Phi) is 5.24. The largest absolute Gasteiger partial charge is 0.395 e. The van der Waals surface area contributed by atoms with Crippen molar-refractivity contribution in [1.82, 2.24) is 0 Å². The third-order valence-electron chi connectivity index (χ3n) is 4.84. The summed E-state index contributed by atoms with van der Waals surface area (Å²) in [5, 5.41) is 0. The molecule has 2 N–H and O–H groups in total. The van der Waals surface area contributed by atoms with Gasteiger partial charge >= 0.3 is 6.18 Å². The number of carbonyl (C=O) groups excluding carboxylic acids is 1. The molecule has 0 fully saturated rings. The summed E-state index contributed by atoms with van der Waals surface area (Å²) in [5.41, 5.74) is 4.91. The lowest BCUT2D eigenvalue weighted by Crippen LogP contribution is -2.54. The lowest BCUT2D eigenvalue weighted by Gasteiger charge is -2.41. The molecule has 1 aliphatic rings. The highest BCUT2D eigenvalue weighted by Crippen LogP contribution is 2.38. The minimum Gasteiger partial charge on any atom is -0.386 e. The van der Waals surface area contributed by atoms with Crippen LogP contribution in [-0.2, 0) is 26.3 Å². The van der Waals surface area contributed by atoms with E-state index in [0.717, 1.165) is 6.07 Å². The molecule has 27 heavy (non-hydrogen) atoms. The minimum absolute atomic E-state index is 0.0228. The fourth-order valence-electron chi connectivity index (χ4n) is 3.00. The predicted molar refractivity (Wildman–Crippen MR) is 99.0 cm³/mol. The molecule has 1 aromatic carbocycles. The van der Waals surface area contributed by atoms with Crippen LogP contribution in [0.25, 0.3) is 0 Å². The van der Waals surface area contributed by atoms with Crippen LogP contribution in [0.5, 0.6) is 0 Å². The summed E-state index contributed by atoms with van der Waals surface area (Å²) < 4.78 is 63.6. The number of nitrogens with zero attached hydrogens (tertiary/aromatic N) is 1. The molecule has 0 spiro atoms. The quantitative estimate of drug-likeness (QED) is 0.617. The lowest BCUT2D eigenvalue weighted by molar-refractivity contribution is -0.151. The van der Waals surface area contributed by atoms with Gasteiger partial charge in [0.05, 0.1) is 10.3 Å². The van der Waals surface area contributed by atoms with Gasteiger partial charge in [0.25, 0.3) is 0 Å². The summed E-state index contributed by atoms with van der Waals surface area (Å²) >= 11 is 0. The molecule has 2 rings (SSSR count). The number of Topliss-reactive ketones (excluding diaryl/α,β-unsaturated/α-hetero) is 1. The van der Waals surface area contributed by atoms with Gasteiger partial charge in [0, 0.05) is 17.7 Å². The fourth-order valence-corrected chi connectivity index (χ4v) is 4.92. The molecule has 0 aliphatic carbocycles. The molecule has 0 saturated carbocycles. The van der Waals surface area contributed by atoms with E-state index in [0.29, 0.717) is 0 Å². The second kappa shape index (κ2) is 6.61. The number of hydrogen-bond donors (Lipinski definition) is 1. The molecule has 4 nitrogen and oxygen atoms in total. The van der Waals surface area contributed by atoms with E-state index in [1.807, 2.05) is 0 Å². The van der Waals surface area contributed by atoms with Crippen LogP contribution in [0.1, 0.15) is 38.3 Å². The Hall–Kier alpha value is -1.90. The molecule has 0 bridgehead atoms. The van der Waals surface area contributed by atoms with Crippen molar-refractivity contribution in [2.24, 2.45) is 10.7 Å². The molecule has 1 aromatic rings. The van der Waals surface area contributed by atoms with Crippen LogP contribution in [0.15, 0.2) is 23.2 Å². The summed E-state index contributed by atoms with van der Waals surface area (Å²) in [6, 6.07) is 3.60. The second-order valence-electron chi connectivity index (χ2n) is 7.56. The van der Waals surface area contributed by atoms with Crippen LogP contribution in [-0.4, -0.2) is 38.4 Å². The predicted octanol–water partition coefficient (Wildman–Crippen LogP) is 2.97. The number of ketones is 1. The number of alkyl halides is 3. The van der Waals surface area contributed by atoms with Crippen molar-refractivity contribution in [3.63, 3.8) is 0 Å². The Morgan fingerprint density at radius 3 is 2.44 bits per heavy atom. The number of halogens is 4. The zero-order valence-corrected chi connectivity index (χ0v) is 16.1. The first-order valence-corrected chi connectivity index (χ1v) is 10.0. The number of aliphatic imine (C=N–C) groups is 1. The summed E-state index contributed by atoms with van der Waals surface area (Å²) in [7, 11) is -2.78. The number of nitrogens with two attached hydrogens (primary N) is 1. The molecule has 1 aliphatic heterocycles. The van der Waals surface area contributed by atoms with E-state index in [1.165, 1.54) is 12.1 Å². The van der Waals surface area contributed by atoms with E-state index in [2.05, 4.69) is 10.9 Å². The van der Waals surface area contributed by atoms with Crippen molar-refractivity contribution in [2.45, 2.75) is 50.1 Å². The number of benzene rings is 1. The van der Waals surface area contributed by atoms with Gasteiger partial charge in [-0.3, -0.25) is 14.0 Å². The van der Waals surface area contributed by atoms with E-state index < -0.39 is 50.4 Å². The van der Waals surface area contributed by atoms with Gasteiger partial charge in [0.15, 0.2) is 0 Å². The van der Waals surface area contributed by atoms with E-state index in [4.69, 9.17) is 5.73 Å². The van der Waals surface area contributed by atoms with Gasteiger partial charge in [-0.2, -0.15) is 13.2 Å². The third-order valence-corrected chi connectivity index (χ3v) is 7.94. The highest BCUT2D eigenvalue weighted by Gasteiger charge is 2.45. The molecule has 0 aromatic heterocycles. The Morgan fingerprint density at radius 1 is 1.33 bits per heavy atom. The third kappa shape index (κ3) is 4.34. The standard InChI is InChI=1S/C18H22F4N2O2S/c1-16(2)15(23)24-17(3,10-27(16,4)26)13-8-11(5-6-14(13)19)7-12(25)9-18(20,21)22/h5-6,8H,4,7,9-10H2,1-3H3,(H2,23,24)/t17-,27?/m0/s1. The second-order valence-corrected chi connectivity index (χ2v) is 10.5. The molecular formula is C18H22F4N2O2S. The normalized spacial score (nSPS) is 27.9. The van der Waals surface area contributed by atoms with Crippen LogP contribution in [0.3, 0.4) is 0 Å². The maximum absolute atomic E-state index is 14.5. The Labute approximate surface area is 155 Å². The summed E-state index contributed by atoms with van der Waals surface area (Å²) in [5.74, 6) is 2.05. The van der Waals surface area contributed by atoms with E-state index in [1.54, 1.807) is 20.8 Å². The van der Waals surface area contributed by atoms with Gasteiger partial charge in [-0.15, -0.1) is 0 Å². The van der Waals surface area contributed by atoms with Crippen LogP contribution in [0.2, 0.25) is 0 Å². The summed E-state index contributed by atoms with van der Waals surface area (Å²) in [4.78, 5) is 15.9. The lowest BCUT2D eigenvalue weighted by atomic mass is 9.90. The molecule has 0 amide bonds. The van der Waals surface area contributed by atoms with E-state index >= 15 is 0 Å². The Balaban J connectivity index is 2.45. The van der Waals surface area contributed by atoms with Crippen LogP contribution in [0, 0.1) is 5.82 Å². The molecule has 2 atom stereocenters. The smallest absolute Gasteiger partial charge is 0.386 e. The number of rotatable bonds is 4. The summed E-state index contributed by atoms with van der Waals surface area (Å²) in [6.07, 6.45) is -6.64. The zero-order valence-electron chi connectivity index (χ0n) is 15.3. The van der Waals surface area contributed by atoms with Crippen molar-refractivity contribution < 1.29 is 26.6 Å². The molecule has 150 valence electrons. The van der Waals surface area contributed by atoms with Gasteiger partial charge in [0.1, 0.15) is 23.9 Å². The molecular weight excluding hydrogens is 384 g/mol. The molecule has 1 heterocycles. The summed E-state index contributed by atoms with van der Waals surface area (Å²) in [6.45, 7) is 4.83. The maximum Gasteiger partial charge on any atom is 0.395 e. The van der Waals surface area contributed by atoms with Gasteiger partial charge in [-0.05, 0) is 53.9 Å². The van der Waals surface area contributed by atoms with E-state index in [9.17, 15) is 26.6 Å². The molecule has 1 unspecified atom stereocenters. The average molecular weight is 406 g/mol. The topological polar surface area (TPSA) is 72.5 Å². The molecule has 9 heteroatoms. The van der Waals surface area contributed by atoms with Crippen LogP contribution >= 0.6 is 0 Å².